The maximum absolute atomic E-state index is 13.7. The SMILES string of the molecule is C#CCOCCOCCOCCOCCC(=O)N[C@H](CCC(=O)CCCCCCCNC(=O)O[C@H]1[C@@H]([C@@H](NC(C)=O)C(CC)CC)[C@H](NC(=O)OC(C)(C)C)C[C@@H]1C(=O)OC)C(=O)CCC(=O)NCCCCCCCC(=O)O[C@H]1[C@@H]([C@@H](NC(C)=O)C(CC)CC)[C@H](C)C[C@@H]1C(=O)OC. The standard InChI is InChI=1S/C72H122N6O20/c1-14-38-92-40-42-94-44-45-95-43-41-93-39-35-60(84)77-56(58(82)33-34-59(83)73-36-27-23-20-22-26-30-61(85)96-66-54(68(86)90-12)46-48(6)62(66)64(75-49(7)79)51(15-2)16-3)32-31-53(81)29-25-21-19-24-28-37-74-70(88)97-67-55(69(87)91-13)47-57(78-71(89)98-72(9,10)11)63(67)65(76-50(8)80)52(17-4)18-5/h1,48,51-52,54-57,62-67H,15-47H2,2-13H3,(H,73,83)(H,74,88)(H,75,79)(H,76,80)(H,77,84)(H,78,89)/t48-,54+,55+,56-,57-,62-,63-,64+,65+,66-,67-/m1/s1. The number of amides is 6. The summed E-state index contributed by atoms with van der Waals surface area (Å²) in [5, 5.41) is 17.5. The van der Waals surface area contributed by atoms with Crippen molar-refractivity contribution in [2.24, 2.45) is 41.4 Å². The minimum atomic E-state index is -1.06. The zero-order valence-electron chi connectivity index (χ0n) is 61.1. The summed E-state index contributed by atoms with van der Waals surface area (Å²) in [5.41, 5.74) is -0.815. The van der Waals surface area contributed by atoms with Crippen LogP contribution in [0, 0.1) is 53.8 Å². The van der Waals surface area contributed by atoms with E-state index in [1.54, 1.807) is 20.8 Å². The van der Waals surface area contributed by atoms with Crippen molar-refractivity contribution in [1.82, 2.24) is 31.9 Å². The molecule has 2 fully saturated rings. The van der Waals surface area contributed by atoms with E-state index in [0.717, 1.165) is 38.5 Å². The van der Waals surface area contributed by atoms with Crippen molar-refractivity contribution in [2.75, 3.05) is 80.2 Å². The Hall–Kier alpha value is -6.43. The van der Waals surface area contributed by atoms with Gasteiger partial charge in [-0.2, -0.15) is 0 Å². The quantitative estimate of drug-likeness (QED) is 0.0145. The van der Waals surface area contributed by atoms with Gasteiger partial charge in [0, 0.05) is 95.4 Å². The van der Waals surface area contributed by atoms with Crippen LogP contribution in [0.15, 0.2) is 0 Å². The first-order chi connectivity index (χ1) is 46.8. The fourth-order valence-electron chi connectivity index (χ4n) is 13.3. The molecule has 0 unspecified atom stereocenters. The number of alkyl carbamates (subject to hydrolysis) is 2. The van der Waals surface area contributed by atoms with Crippen LogP contribution in [0.3, 0.4) is 0 Å². The van der Waals surface area contributed by atoms with Gasteiger partial charge >= 0.3 is 30.1 Å². The minimum Gasteiger partial charge on any atom is -0.469 e. The molecule has 0 spiro atoms. The molecule has 0 aromatic heterocycles. The second kappa shape index (κ2) is 50.0. The van der Waals surface area contributed by atoms with Crippen LogP contribution in [0.5, 0.6) is 0 Å². The second-order valence-corrected chi connectivity index (χ2v) is 26.9. The second-order valence-electron chi connectivity index (χ2n) is 26.9. The molecule has 98 heavy (non-hydrogen) atoms. The molecule has 6 amide bonds. The molecule has 11 atom stereocenters. The number of Topliss-reactive ketones (excluding diaryl/α,β-unsaturated/α-hetero) is 2. The number of hydrogen-bond donors (Lipinski definition) is 6. The van der Waals surface area contributed by atoms with Gasteiger partial charge in [-0.05, 0) is 83.5 Å². The molecule has 0 heterocycles. The summed E-state index contributed by atoms with van der Waals surface area (Å²) in [7, 11) is 2.56. The summed E-state index contributed by atoms with van der Waals surface area (Å²) in [6, 6.07) is -2.57. The molecule has 560 valence electrons. The molecule has 0 aromatic rings. The van der Waals surface area contributed by atoms with Crippen molar-refractivity contribution in [3.63, 3.8) is 0 Å². The predicted octanol–water partition coefficient (Wildman–Crippen LogP) is 8.09. The number of ketones is 2. The van der Waals surface area contributed by atoms with Crippen LogP contribution >= 0.6 is 0 Å². The Bertz CT molecular complexity index is 2460. The van der Waals surface area contributed by atoms with Gasteiger partial charge in [-0.15, -0.1) is 6.42 Å². The van der Waals surface area contributed by atoms with Crippen molar-refractivity contribution < 1.29 is 95.4 Å². The monoisotopic (exact) mass is 1390 g/mol. The average Bonchev–Trinajstić information content (AvgIpc) is 1.64. The van der Waals surface area contributed by atoms with Gasteiger partial charge in [0.1, 0.15) is 30.2 Å². The number of ether oxygens (including phenoxy) is 9. The number of nitrogens with one attached hydrogen (secondary N) is 6. The first-order valence-corrected chi connectivity index (χ1v) is 36.0. The smallest absolute Gasteiger partial charge is 0.407 e. The first kappa shape index (κ1) is 87.7. The van der Waals surface area contributed by atoms with Crippen LogP contribution in [0.1, 0.15) is 217 Å². The Balaban J connectivity index is 1.92. The van der Waals surface area contributed by atoms with E-state index in [0.29, 0.717) is 90.8 Å². The fourth-order valence-corrected chi connectivity index (χ4v) is 13.3. The molecular weight excluding hydrogens is 1270 g/mol. The molecule has 0 aliphatic heterocycles. The van der Waals surface area contributed by atoms with Gasteiger partial charge in [0.05, 0.1) is 78.3 Å². The molecule has 2 aliphatic rings. The zero-order valence-corrected chi connectivity index (χ0v) is 61.1. The average molecular weight is 1390 g/mol. The lowest BCUT2D eigenvalue weighted by Gasteiger charge is -2.37. The third-order valence-corrected chi connectivity index (χ3v) is 18.3. The van der Waals surface area contributed by atoms with Crippen molar-refractivity contribution in [3.05, 3.63) is 0 Å². The van der Waals surface area contributed by atoms with Crippen LogP contribution in [0.25, 0.3) is 0 Å². The lowest BCUT2D eigenvalue weighted by atomic mass is 9.78. The highest BCUT2D eigenvalue weighted by Gasteiger charge is 2.55. The fraction of sp³-hybridized carbons (Fsp3) is 0.819. The normalized spacial score (nSPS) is 19.8. The van der Waals surface area contributed by atoms with Gasteiger partial charge in [0.25, 0.3) is 0 Å². The van der Waals surface area contributed by atoms with Crippen LogP contribution in [0.2, 0.25) is 0 Å². The number of unbranched alkanes of at least 4 members (excludes halogenated alkanes) is 8. The Morgan fingerprint density at radius 2 is 1.01 bits per heavy atom. The molecule has 26 nitrogen and oxygen atoms in total. The Morgan fingerprint density at radius 1 is 0.520 bits per heavy atom. The summed E-state index contributed by atoms with van der Waals surface area (Å²) >= 11 is 0. The third kappa shape index (κ3) is 35.1. The largest absolute Gasteiger partial charge is 0.469 e. The summed E-state index contributed by atoms with van der Waals surface area (Å²) in [5.74, 6) is -3.29. The molecule has 0 bridgehead atoms. The highest BCUT2D eigenvalue weighted by molar-refractivity contribution is 5.92. The third-order valence-electron chi connectivity index (χ3n) is 18.3. The lowest BCUT2D eigenvalue weighted by molar-refractivity contribution is -0.162. The highest BCUT2D eigenvalue weighted by Crippen LogP contribution is 2.44. The number of esters is 3. The molecule has 0 radical (unpaired) electrons. The van der Waals surface area contributed by atoms with Crippen LogP contribution in [-0.4, -0.2) is 187 Å². The lowest BCUT2D eigenvalue weighted by Crippen LogP contribution is -2.55. The van der Waals surface area contributed by atoms with Gasteiger partial charge in [-0.1, -0.05) is 105 Å². The molecule has 0 saturated heterocycles. The maximum atomic E-state index is 13.7. The minimum absolute atomic E-state index is 0.000816. The molecular formula is C72H122N6O20. The van der Waals surface area contributed by atoms with Crippen molar-refractivity contribution >= 4 is 65.3 Å². The van der Waals surface area contributed by atoms with E-state index in [-0.39, 0.29) is 143 Å². The Labute approximate surface area is 583 Å². The maximum Gasteiger partial charge on any atom is 0.407 e. The van der Waals surface area contributed by atoms with Crippen LogP contribution in [0.4, 0.5) is 9.59 Å². The molecule has 0 aromatic carbocycles. The van der Waals surface area contributed by atoms with Gasteiger partial charge in [-0.3, -0.25) is 43.2 Å². The highest BCUT2D eigenvalue weighted by atomic mass is 16.6. The van der Waals surface area contributed by atoms with Crippen molar-refractivity contribution in [2.45, 2.75) is 259 Å². The Morgan fingerprint density at radius 3 is 1.54 bits per heavy atom. The molecule has 2 rings (SSSR count). The van der Waals surface area contributed by atoms with Gasteiger partial charge in [-0.25, -0.2) is 9.59 Å². The molecule has 6 N–H and O–H groups in total. The number of carbonyl (C=O) groups is 11. The van der Waals surface area contributed by atoms with Gasteiger partial charge in [0.15, 0.2) is 5.78 Å². The van der Waals surface area contributed by atoms with E-state index in [2.05, 4.69) is 51.7 Å². The molecule has 26 heteroatoms. The number of rotatable bonds is 52. The Kier molecular flexibility index (Phi) is 44.7. The van der Waals surface area contributed by atoms with E-state index in [4.69, 9.17) is 49.1 Å². The van der Waals surface area contributed by atoms with Gasteiger partial charge in [0.2, 0.25) is 23.6 Å². The molecule has 2 aliphatic carbocycles. The number of carbonyl (C=O) groups excluding carboxylic acids is 11. The summed E-state index contributed by atoms with van der Waals surface area (Å²) in [4.78, 5) is 144. The summed E-state index contributed by atoms with van der Waals surface area (Å²) in [6.07, 6.45) is 12.5. The number of terminal acetylenes is 1. The van der Waals surface area contributed by atoms with Crippen molar-refractivity contribution in [1.29, 1.82) is 0 Å². The van der Waals surface area contributed by atoms with Crippen LogP contribution < -0.4 is 31.9 Å². The van der Waals surface area contributed by atoms with E-state index < -0.39 is 89.7 Å². The first-order valence-electron chi connectivity index (χ1n) is 36.0. The zero-order chi connectivity index (χ0) is 73.0. The summed E-state index contributed by atoms with van der Waals surface area (Å²) < 4.78 is 49.6. The van der Waals surface area contributed by atoms with Crippen LogP contribution in [-0.2, 0) is 85.8 Å². The molecule has 2 saturated carbocycles. The van der Waals surface area contributed by atoms with E-state index in [1.807, 2.05) is 20.8 Å². The number of hydrogen-bond acceptors (Lipinski definition) is 20. The van der Waals surface area contributed by atoms with Gasteiger partial charge < -0.3 is 74.5 Å². The predicted molar refractivity (Wildman–Crippen MR) is 367 cm³/mol. The van der Waals surface area contributed by atoms with E-state index in [1.165, 1.54) is 28.1 Å². The summed E-state index contributed by atoms with van der Waals surface area (Å²) in [6.45, 7) is 21.0. The van der Waals surface area contributed by atoms with Crippen molar-refractivity contribution in [3.8, 4) is 12.3 Å². The topological polar surface area (TPSA) is 343 Å². The number of methoxy groups -OCH3 is 2. The van der Waals surface area contributed by atoms with E-state index >= 15 is 0 Å². The van der Waals surface area contributed by atoms with E-state index in [9.17, 15) is 52.7 Å².